The molecule has 4 heteroatoms. The molecule has 0 aliphatic carbocycles. The van der Waals surface area contributed by atoms with Gasteiger partial charge in [-0.05, 0) is 44.2 Å². The first-order valence-electron chi connectivity index (χ1n) is 7.67. The second-order valence-corrected chi connectivity index (χ2v) is 6.08. The summed E-state index contributed by atoms with van der Waals surface area (Å²) in [4.78, 5) is 11.8. The first-order chi connectivity index (χ1) is 9.88. The van der Waals surface area contributed by atoms with E-state index in [0.717, 1.165) is 23.4 Å². The number of amides is 1. The summed E-state index contributed by atoms with van der Waals surface area (Å²) in [6.07, 6.45) is 2.15. The maximum Gasteiger partial charge on any atom is 0.224 e. The smallest absolute Gasteiger partial charge is 0.224 e. The van der Waals surface area contributed by atoms with E-state index in [1.165, 1.54) is 0 Å². The molecule has 0 spiro atoms. The zero-order valence-electron chi connectivity index (χ0n) is 13.6. The summed E-state index contributed by atoms with van der Waals surface area (Å²) < 4.78 is 5.80. The largest absolute Gasteiger partial charge is 0.493 e. The molecule has 0 aromatic heterocycles. The lowest BCUT2D eigenvalue weighted by atomic mass is 10.1. The number of hydrogen-bond donors (Lipinski definition) is 2. The van der Waals surface area contributed by atoms with Crippen LogP contribution in [0.1, 0.15) is 45.6 Å². The van der Waals surface area contributed by atoms with Gasteiger partial charge in [-0.2, -0.15) is 0 Å². The summed E-state index contributed by atoms with van der Waals surface area (Å²) in [6, 6.07) is 5.79. The summed E-state index contributed by atoms with van der Waals surface area (Å²) in [5.74, 6) is 1.44. The molecule has 0 saturated heterocycles. The van der Waals surface area contributed by atoms with Crippen molar-refractivity contribution in [1.29, 1.82) is 0 Å². The second kappa shape index (κ2) is 8.67. The predicted octanol–water partition coefficient (Wildman–Crippen LogP) is 3.49. The molecule has 1 atom stereocenters. The maximum absolute atomic E-state index is 11.8. The number of rotatable bonds is 8. The first-order valence-corrected chi connectivity index (χ1v) is 7.67. The minimum atomic E-state index is -0.00992. The van der Waals surface area contributed by atoms with Crippen molar-refractivity contribution in [2.75, 3.05) is 11.9 Å². The number of anilines is 1. The number of nitrogens with one attached hydrogen (secondary N) is 1. The average molecular weight is 292 g/mol. The number of nitrogens with two attached hydrogens (primary N) is 1. The quantitative estimate of drug-likeness (QED) is 0.771. The molecule has 0 heterocycles. The van der Waals surface area contributed by atoms with Gasteiger partial charge in [0.1, 0.15) is 5.75 Å². The third-order valence-corrected chi connectivity index (χ3v) is 3.25. The number of aryl methyl sites for hydroxylation is 1. The predicted molar refractivity (Wildman–Crippen MR) is 87.6 cm³/mol. The van der Waals surface area contributed by atoms with E-state index in [2.05, 4.69) is 19.2 Å². The van der Waals surface area contributed by atoms with Gasteiger partial charge in [-0.3, -0.25) is 4.79 Å². The summed E-state index contributed by atoms with van der Waals surface area (Å²) in [5, 5.41) is 2.89. The normalized spacial score (nSPS) is 12.3. The molecule has 0 aliphatic rings. The second-order valence-electron chi connectivity index (χ2n) is 6.08. The topological polar surface area (TPSA) is 64.4 Å². The van der Waals surface area contributed by atoms with Crippen LogP contribution in [0.4, 0.5) is 5.69 Å². The molecule has 1 aromatic rings. The number of hydrogen-bond acceptors (Lipinski definition) is 3. The van der Waals surface area contributed by atoms with Crippen LogP contribution < -0.4 is 15.8 Å². The Labute approximate surface area is 128 Å². The Balaban J connectivity index is 2.57. The SMILES string of the molecule is Cc1ccc(NC(=O)CCC(C)N)cc1OCCC(C)C. The van der Waals surface area contributed by atoms with E-state index in [1.807, 2.05) is 32.0 Å². The molecular weight excluding hydrogens is 264 g/mol. The van der Waals surface area contributed by atoms with E-state index >= 15 is 0 Å². The average Bonchev–Trinajstić information content (AvgIpc) is 2.39. The van der Waals surface area contributed by atoms with Crippen LogP contribution in [0.5, 0.6) is 5.75 Å². The standard InChI is InChI=1S/C17H28N2O2/c1-12(2)9-10-21-16-11-15(7-5-13(16)3)19-17(20)8-6-14(4)18/h5,7,11-12,14H,6,8-10,18H2,1-4H3,(H,19,20). The molecule has 21 heavy (non-hydrogen) atoms. The van der Waals surface area contributed by atoms with Gasteiger partial charge in [0, 0.05) is 24.2 Å². The first kappa shape index (κ1) is 17.5. The maximum atomic E-state index is 11.8. The zero-order valence-corrected chi connectivity index (χ0v) is 13.6. The molecule has 0 radical (unpaired) electrons. The highest BCUT2D eigenvalue weighted by Crippen LogP contribution is 2.23. The van der Waals surface area contributed by atoms with Gasteiger partial charge in [-0.15, -0.1) is 0 Å². The van der Waals surface area contributed by atoms with Gasteiger partial charge in [0.2, 0.25) is 5.91 Å². The Morgan fingerprint density at radius 3 is 2.62 bits per heavy atom. The molecule has 1 amide bonds. The van der Waals surface area contributed by atoms with Crippen LogP contribution in [0.25, 0.3) is 0 Å². The summed E-state index contributed by atoms with van der Waals surface area (Å²) in [6.45, 7) is 8.95. The molecule has 4 nitrogen and oxygen atoms in total. The van der Waals surface area contributed by atoms with Crippen molar-refractivity contribution in [3.05, 3.63) is 23.8 Å². The van der Waals surface area contributed by atoms with Crippen molar-refractivity contribution in [3.8, 4) is 5.75 Å². The van der Waals surface area contributed by atoms with Crippen molar-refractivity contribution in [1.82, 2.24) is 0 Å². The van der Waals surface area contributed by atoms with E-state index in [1.54, 1.807) is 0 Å². The Bertz CT molecular complexity index is 456. The van der Waals surface area contributed by atoms with Gasteiger partial charge in [-0.1, -0.05) is 19.9 Å². The van der Waals surface area contributed by atoms with Gasteiger partial charge >= 0.3 is 0 Å². The van der Waals surface area contributed by atoms with Crippen LogP contribution >= 0.6 is 0 Å². The fraction of sp³-hybridized carbons (Fsp3) is 0.588. The van der Waals surface area contributed by atoms with Crippen LogP contribution in [0.2, 0.25) is 0 Å². The summed E-state index contributed by atoms with van der Waals surface area (Å²) in [5.41, 5.74) is 7.51. The third-order valence-electron chi connectivity index (χ3n) is 3.25. The highest BCUT2D eigenvalue weighted by molar-refractivity contribution is 5.90. The molecule has 3 N–H and O–H groups in total. The van der Waals surface area contributed by atoms with Gasteiger partial charge < -0.3 is 15.8 Å². The van der Waals surface area contributed by atoms with Crippen molar-refractivity contribution in [3.63, 3.8) is 0 Å². The number of carbonyl (C=O) groups is 1. The molecule has 1 aromatic carbocycles. The molecule has 118 valence electrons. The van der Waals surface area contributed by atoms with E-state index in [9.17, 15) is 4.79 Å². The van der Waals surface area contributed by atoms with Crippen LogP contribution in [0.3, 0.4) is 0 Å². The van der Waals surface area contributed by atoms with Crippen molar-refractivity contribution >= 4 is 11.6 Å². The Hall–Kier alpha value is -1.55. The van der Waals surface area contributed by atoms with Crippen molar-refractivity contribution in [2.45, 2.75) is 53.0 Å². The lowest BCUT2D eigenvalue weighted by molar-refractivity contribution is -0.116. The molecule has 0 saturated carbocycles. The van der Waals surface area contributed by atoms with Gasteiger partial charge in [-0.25, -0.2) is 0 Å². The van der Waals surface area contributed by atoms with Crippen LogP contribution in [0, 0.1) is 12.8 Å². The molecule has 1 unspecified atom stereocenters. The number of carbonyl (C=O) groups excluding carboxylic acids is 1. The molecule has 0 fully saturated rings. The minimum absolute atomic E-state index is 0.00992. The van der Waals surface area contributed by atoms with Gasteiger partial charge in [0.25, 0.3) is 0 Å². The molecule has 0 aliphatic heterocycles. The van der Waals surface area contributed by atoms with E-state index in [0.29, 0.717) is 25.4 Å². The van der Waals surface area contributed by atoms with Crippen molar-refractivity contribution < 1.29 is 9.53 Å². The monoisotopic (exact) mass is 292 g/mol. The Morgan fingerprint density at radius 2 is 2.00 bits per heavy atom. The lowest BCUT2D eigenvalue weighted by Crippen LogP contribution is -2.19. The van der Waals surface area contributed by atoms with Crippen molar-refractivity contribution in [2.24, 2.45) is 11.7 Å². The van der Waals surface area contributed by atoms with Gasteiger partial charge in [0.05, 0.1) is 6.61 Å². The Kier molecular flexibility index (Phi) is 7.23. The van der Waals surface area contributed by atoms with Crippen LogP contribution in [-0.4, -0.2) is 18.6 Å². The van der Waals surface area contributed by atoms with Gasteiger partial charge in [0.15, 0.2) is 0 Å². The van der Waals surface area contributed by atoms with Crippen LogP contribution in [-0.2, 0) is 4.79 Å². The lowest BCUT2D eigenvalue weighted by Gasteiger charge is -2.13. The molecule has 0 bridgehead atoms. The van der Waals surface area contributed by atoms with Crippen LogP contribution in [0.15, 0.2) is 18.2 Å². The number of ether oxygens (including phenoxy) is 1. The summed E-state index contributed by atoms with van der Waals surface area (Å²) >= 11 is 0. The highest BCUT2D eigenvalue weighted by atomic mass is 16.5. The Morgan fingerprint density at radius 1 is 1.29 bits per heavy atom. The number of benzene rings is 1. The summed E-state index contributed by atoms with van der Waals surface area (Å²) in [7, 11) is 0. The van der Waals surface area contributed by atoms with E-state index in [4.69, 9.17) is 10.5 Å². The molecule has 1 rings (SSSR count). The van der Waals surface area contributed by atoms with E-state index < -0.39 is 0 Å². The zero-order chi connectivity index (χ0) is 15.8. The molecular formula is C17H28N2O2. The third kappa shape index (κ3) is 7.14. The minimum Gasteiger partial charge on any atom is -0.493 e. The fourth-order valence-electron chi connectivity index (χ4n) is 1.82. The fourth-order valence-corrected chi connectivity index (χ4v) is 1.82. The van der Waals surface area contributed by atoms with E-state index in [-0.39, 0.29) is 11.9 Å². The highest BCUT2D eigenvalue weighted by Gasteiger charge is 2.07.